The summed E-state index contributed by atoms with van der Waals surface area (Å²) in [6.45, 7) is 5.33. The summed E-state index contributed by atoms with van der Waals surface area (Å²) in [5.41, 5.74) is 0. The number of aliphatic hydroxyl groups is 1. The van der Waals surface area contributed by atoms with Gasteiger partial charge in [0.2, 0.25) is 0 Å². The van der Waals surface area contributed by atoms with Crippen molar-refractivity contribution in [1.29, 1.82) is 0 Å². The molecule has 0 aromatic rings. The average molecular weight is 294 g/mol. The zero-order chi connectivity index (χ0) is 14.7. The van der Waals surface area contributed by atoms with Gasteiger partial charge >= 0.3 is 0 Å². The highest BCUT2D eigenvalue weighted by molar-refractivity contribution is 4.91. The summed E-state index contributed by atoms with van der Waals surface area (Å²) >= 11 is 0. The first kappa shape index (κ1) is 15.8. The molecule has 1 saturated heterocycles. The molecule has 3 aliphatic rings. The van der Waals surface area contributed by atoms with E-state index in [0.717, 1.165) is 24.3 Å². The quantitative estimate of drug-likeness (QED) is 0.791. The van der Waals surface area contributed by atoms with E-state index in [1.54, 1.807) is 0 Å². The third kappa shape index (κ3) is 4.43. The Kier molecular flexibility index (Phi) is 5.58. The maximum atomic E-state index is 9.23. The Labute approximate surface area is 130 Å². The summed E-state index contributed by atoms with van der Waals surface area (Å²) < 4.78 is 0. The Hall–Kier alpha value is -0.120. The van der Waals surface area contributed by atoms with Crippen LogP contribution in [-0.2, 0) is 0 Å². The number of nitrogens with zero attached hydrogens (tertiary/aromatic N) is 1. The molecular weight excluding hydrogens is 260 g/mol. The van der Waals surface area contributed by atoms with Gasteiger partial charge in [-0.3, -0.25) is 0 Å². The Morgan fingerprint density at radius 3 is 2.48 bits per heavy atom. The zero-order valence-corrected chi connectivity index (χ0v) is 13.8. The number of likely N-dealkylation sites (tertiary alicyclic amines) is 1. The van der Waals surface area contributed by atoms with Crippen LogP contribution in [0.25, 0.3) is 0 Å². The topological polar surface area (TPSA) is 35.5 Å². The molecule has 1 heterocycles. The van der Waals surface area contributed by atoms with Crippen molar-refractivity contribution in [2.45, 2.75) is 82.8 Å². The summed E-state index contributed by atoms with van der Waals surface area (Å²) in [5.74, 6) is 1.79. The smallest absolute Gasteiger partial charge is 0.0445 e. The van der Waals surface area contributed by atoms with E-state index in [0.29, 0.717) is 18.7 Å². The van der Waals surface area contributed by atoms with Crippen molar-refractivity contribution < 1.29 is 5.11 Å². The van der Waals surface area contributed by atoms with Crippen molar-refractivity contribution in [1.82, 2.24) is 10.2 Å². The predicted octanol–water partition coefficient (Wildman–Crippen LogP) is 2.78. The van der Waals surface area contributed by atoms with Gasteiger partial charge in [0.25, 0.3) is 0 Å². The minimum atomic E-state index is 0.340. The largest absolute Gasteiger partial charge is 0.396 e. The second-order valence-corrected chi connectivity index (χ2v) is 7.86. The number of aliphatic hydroxyl groups excluding tert-OH is 1. The molecule has 3 fully saturated rings. The minimum absolute atomic E-state index is 0.340. The fraction of sp³-hybridized carbons (Fsp3) is 1.00. The molecule has 2 N–H and O–H groups in total. The molecule has 0 aromatic heterocycles. The Balaban J connectivity index is 1.42. The molecule has 3 unspecified atom stereocenters. The second kappa shape index (κ2) is 7.43. The summed E-state index contributed by atoms with van der Waals surface area (Å²) in [6, 6.07) is 2.15. The van der Waals surface area contributed by atoms with Gasteiger partial charge < -0.3 is 15.3 Å². The van der Waals surface area contributed by atoms with E-state index in [4.69, 9.17) is 0 Å². The van der Waals surface area contributed by atoms with E-state index in [1.165, 1.54) is 64.5 Å². The number of piperidine rings is 1. The Morgan fingerprint density at radius 2 is 1.86 bits per heavy atom. The molecule has 21 heavy (non-hydrogen) atoms. The van der Waals surface area contributed by atoms with E-state index in [1.807, 2.05) is 0 Å². The zero-order valence-electron chi connectivity index (χ0n) is 13.8. The van der Waals surface area contributed by atoms with Crippen molar-refractivity contribution >= 4 is 0 Å². The standard InChI is InChI=1S/C18H34N2O/c1-14-3-2-4-17(13-14)20-10-7-16(8-11-20)19-18(9-12-21)15-5-6-15/h14-19,21H,2-13H2,1H3. The lowest BCUT2D eigenvalue weighted by atomic mass is 9.85. The van der Waals surface area contributed by atoms with Gasteiger partial charge in [-0.25, -0.2) is 0 Å². The van der Waals surface area contributed by atoms with Gasteiger partial charge in [0.05, 0.1) is 0 Å². The summed E-state index contributed by atoms with van der Waals surface area (Å²) in [7, 11) is 0. The van der Waals surface area contributed by atoms with E-state index < -0.39 is 0 Å². The molecule has 0 aromatic carbocycles. The minimum Gasteiger partial charge on any atom is -0.396 e. The highest BCUT2D eigenvalue weighted by atomic mass is 16.3. The van der Waals surface area contributed by atoms with Crippen LogP contribution >= 0.6 is 0 Å². The first-order valence-electron chi connectivity index (χ1n) is 9.37. The molecule has 3 heteroatoms. The molecular formula is C18H34N2O. The van der Waals surface area contributed by atoms with Crippen molar-refractivity contribution in [3.63, 3.8) is 0 Å². The Morgan fingerprint density at radius 1 is 1.10 bits per heavy atom. The van der Waals surface area contributed by atoms with Crippen molar-refractivity contribution in [3.05, 3.63) is 0 Å². The summed E-state index contributed by atoms with van der Waals surface area (Å²) in [5, 5.41) is 13.1. The fourth-order valence-electron chi connectivity index (χ4n) is 4.56. The highest BCUT2D eigenvalue weighted by Crippen LogP contribution is 2.35. The number of hydrogen-bond acceptors (Lipinski definition) is 3. The fourth-order valence-corrected chi connectivity index (χ4v) is 4.56. The average Bonchev–Trinajstić information content (AvgIpc) is 3.32. The van der Waals surface area contributed by atoms with Crippen LogP contribution in [0.2, 0.25) is 0 Å². The van der Waals surface area contributed by atoms with Gasteiger partial charge in [0, 0.05) is 24.7 Å². The third-order valence-electron chi connectivity index (χ3n) is 6.04. The van der Waals surface area contributed by atoms with Gasteiger partial charge in [-0.05, 0) is 69.9 Å². The first-order chi connectivity index (χ1) is 10.3. The van der Waals surface area contributed by atoms with Crippen LogP contribution in [0.4, 0.5) is 0 Å². The molecule has 2 aliphatic carbocycles. The van der Waals surface area contributed by atoms with Crippen LogP contribution < -0.4 is 5.32 Å². The number of nitrogens with one attached hydrogen (secondary N) is 1. The van der Waals surface area contributed by atoms with E-state index in [2.05, 4.69) is 17.1 Å². The predicted molar refractivity (Wildman–Crippen MR) is 87.4 cm³/mol. The summed E-state index contributed by atoms with van der Waals surface area (Å²) in [4.78, 5) is 2.77. The molecule has 3 rings (SSSR count). The van der Waals surface area contributed by atoms with E-state index in [-0.39, 0.29) is 0 Å². The van der Waals surface area contributed by atoms with Gasteiger partial charge in [-0.2, -0.15) is 0 Å². The van der Waals surface area contributed by atoms with Crippen LogP contribution in [0.5, 0.6) is 0 Å². The third-order valence-corrected chi connectivity index (χ3v) is 6.04. The molecule has 0 bridgehead atoms. The molecule has 0 radical (unpaired) electrons. The van der Waals surface area contributed by atoms with Gasteiger partial charge in [-0.15, -0.1) is 0 Å². The maximum Gasteiger partial charge on any atom is 0.0445 e. The van der Waals surface area contributed by atoms with Crippen LogP contribution in [0, 0.1) is 11.8 Å². The number of rotatable bonds is 6. The van der Waals surface area contributed by atoms with Gasteiger partial charge in [0.1, 0.15) is 0 Å². The van der Waals surface area contributed by atoms with Crippen molar-refractivity contribution in [2.24, 2.45) is 11.8 Å². The van der Waals surface area contributed by atoms with E-state index in [9.17, 15) is 5.11 Å². The van der Waals surface area contributed by atoms with Crippen LogP contribution in [0.3, 0.4) is 0 Å². The highest BCUT2D eigenvalue weighted by Gasteiger charge is 2.34. The SMILES string of the molecule is CC1CCCC(N2CCC(NC(CCO)C3CC3)CC2)C1. The van der Waals surface area contributed by atoms with Gasteiger partial charge in [0.15, 0.2) is 0 Å². The van der Waals surface area contributed by atoms with E-state index >= 15 is 0 Å². The molecule has 0 spiro atoms. The molecule has 3 nitrogen and oxygen atoms in total. The second-order valence-electron chi connectivity index (χ2n) is 7.86. The van der Waals surface area contributed by atoms with Crippen molar-refractivity contribution in [3.8, 4) is 0 Å². The molecule has 2 saturated carbocycles. The lowest BCUT2D eigenvalue weighted by Crippen LogP contribution is -2.50. The molecule has 0 amide bonds. The van der Waals surface area contributed by atoms with Crippen molar-refractivity contribution in [2.75, 3.05) is 19.7 Å². The lowest BCUT2D eigenvalue weighted by Gasteiger charge is -2.41. The lowest BCUT2D eigenvalue weighted by molar-refractivity contribution is 0.0960. The van der Waals surface area contributed by atoms with Crippen LogP contribution in [0.15, 0.2) is 0 Å². The van der Waals surface area contributed by atoms with Gasteiger partial charge in [-0.1, -0.05) is 19.8 Å². The molecule has 122 valence electrons. The molecule has 1 aliphatic heterocycles. The number of hydrogen-bond donors (Lipinski definition) is 2. The normalized spacial score (nSPS) is 34.0. The van der Waals surface area contributed by atoms with Crippen LogP contribution in [0.1, 0.15) is 64.7 Å². The monoisotopic (exact) mass is 294 g/mol. The van der Waals surface area contributed by atoms with Crippen LogP contribution in [-0.4, -0.2) is 47.8 Å². The Bertz CT molecular complexity index is 310. The first-order valence-corrected chi connectivity index (χ1v) is 9.37. The maximum absolute atomic E-state index is 9.23. The molecule has 3 atom stereocenters. The summed E-state index contributed by atoms with van der Waals surface area (Å²) in [6.07, 6.45) is 12.0.